The smallest absolute Gasteiger partial charge is 0.262 e. The third kappa shape index (κ3) is 8.52. The molecule has 9 aromatic rings. The average Bonchev–Trinajstić information content (AvgIpc) is 3.40. The van der Waals surface area contributed by atoms with E-state index in [-0.39, 0.29) is 18.3 Å². The standard InChI is InChI=1S/C59H50N6O5/c1-5-64(42-22-11-9-12-23-42)59(67)51-35-39-21-16-18-27-45(39)55(58(51)69-8-4)63-61-52-33-32-47-46-31-30-41(36-50(46)56(66)49-29-19-28-48(52)53(47)49)60-62-54-44-26-17-15-20-38(44)34-40(57(54)68-7-3)37-70-65(6-2)43-24-13-10-14-25-43/h9-36H,5-8,37H2,1-4H3. The molecule has 346 valence electrons. The summed E-state index contributed by atoms with van der Waals surface area (Å²) in [5, 5.41) is 26.2. The second kappa shape index (κ2) is 20.0. The lowest BCUT2D eigenvalue weighted by atomic mass is 9.82. The molecule has 0 radical (unpaired) electrons. The summed E-state index contributed by atoms with van der Waals surface area (Å²) in [6, 6.07) is 54.5. The van der Waals surface area contributed by atoms with Crippen LogP contribution in [0, 0.1) is 0 Å². The summed E-state index contributed by atoms with van der Waals surface area (Å²) >= 11 is 0. The molecule has 0 bridgehead atoms. The average molecular weight is 923 g/mol. The molecule has 11 heteroatoms. The van der Waals surface area contributed by atoms with E-state index in [1.165, 1.54) is 0 Å². The van der Waals surface area contributed by atoms with E-state index in [9.17, 15) is 9.59 Å². The van der Waals surface area contributed by atoms with Crippen molar-refractivity contribution in [1.82, 2.24) is 0 Å². The molecule has 0 N–H and O–H groups in total. The molecule has 0 atom stereocenters. The summed E-state index contributed by atoms with van der Waals surface area (Å²) in [5.74, 6) is 0.610. The van der Waals surface area contributed by atoms with Gasteiger partial charge in [0.15, 0.2) is 17.3 Å². The molecule has 9 aromatic carbocycles. The van der Waals surface area contributed by atoms with Gasteiger partial charge in [-0.1, -0.05) is 115 Å². The normalized spacial score (nSPS) is 12.0. The molecule has 1 aliphatic rings. The highest BCUT2D eigenvalue weighted by atomic mass is 16.7. The number of hydrogen-bond donors (Lipinski definition) is 0. The minimum absolute atomic E-state index is 0.132. The largest absolute Gasteiger partial charge is 0.491 e. The van der Waals surface area contributed by atoms with Crippen molar-refractivity contribution in [2.75, 3.05) is 36.3 Å². The van der Waals surface area contributed by atoms with Crippen LogP contribution in [0.2, 0.25) is 0 Å². The molecule has 1 aliphatic carbocycles. The van der Waals surface area contributed by atoms with Gasteiger partial charge in [-0.2, -0.15) is 5.11 Å². The van der Waals surface area contributed by atoms with Crippen molar-refractivity contribution in [3.8, 4) is 22.6 Å². The van der Waals surface area contributed by atoms with Gasteiger partial charge in [0, 0.05) is 57.0 Å². The lowest BCUT2D eigenvalue weighted by molar-refractivity contribution is 0.0953. The van der Waals surface area contributed by atoms with Gasteiger partial charge in [-0.25, -0.2) is 0 Å². The van der Waals surface area contributed by atoms with E-state index in [0.29, 0.717) is 77.2 Å². The Morgan fingerprint density at radius 3 is 1.83 bits per heavy atom. The van der Waals surface area contributed by atoms with Gasteiger partial charge in [-0.15, -0.1) is 15.3 Å². The van der Waals surface area contributed by atoms with Crippen LogP contribution in [-0.4, -0.2) is 38.0 Å². The predicted molar refractivity (Wildman–Crippen MR) is 279 cm³/mol. The Morgan fingerprint density at radius 1 is 0.514 bits per heavy atom. The Morgan fingerprint density at radius 2 is 1.13 bits per heavy atom. The molecule has 0 spiro atoms. The van der Waals surface area contributed by atoms with Gasteiger partial charge in [0.2, 0.25) is 0 Å². The fourth-order valence-corrected chi connectivity index (χ4v) is 9.29. The fraction of sp³-hybridized carbons (Fsp3) is 0.153. The summed E-state index contributed by atoms with van der Waals surface area (Å²) in [6.45, 7) is 9.90. The van der Waals surface area contributed by atoms with E-state index < -0.39 is 0 Å². The molecule has 0 heterocycles. The zero-order valence-corrected chi connectivity index (χ0v) is 39.4. The van der Waals surface area contributed by atoms with Gasteiger partial charge < -0.3 is 14.4 Å². The van der Waals surface area contributed by atoms with Gasteiger partial charge in [0.25, 0.3) is 5.91 Å². The van der Waals surface area contributed by atoms with Crippen LogP contribution in [0.3, 0.4) is 0 Å². The Bertz CT molecular complexity index is 3500. The lowest BCUT2D eigenvalue weighted by Crippen LogP contribution is -2.31. The first-order chi connectivity index (χ1) is 34.4. The monoisotopic (exact) mass is 922 g/mol. The number of hydroxylamine groups is 1. The molecule has 0 fully saturated rings. The Kier molecular flexibility index (Phi) is 12.9. The highest BCUT2D eigenvalue weighted by Crippen LogP contribution is 2.47. The predicted octanol–water partition coefficient (Wildman–Crippen LogP) is 15.6. The number of fused-ring (bicyclic) bond motifs is 4. The third-order valence-electron chi connectivity index (χ3n) is 12.5. The molecular weight excluding hydrogens is 873 g/mol. The zero-order chi connectivity index (χ0) is 48.1. The first-order valence-corrected chi connectivity index (χ1v) is 23.7. The first kappa shape index (κ1) is 45.3. The van der Waals surface area contributed by atoms with Crippen molar-refractivity contribution in [2.24, 2.45) is 20.5 Å². The third-order valence-corrected chi connectivity index (χ3v) is 12.5. The van der Waals surface area contributed by atoms with Gasteiger partial charge in [0.1, 0.15) is 18.0 Å². The number of amides is 1. The molecule has 0 unspecified atom stereocenters. The lowest BCUT2D eigenvalue weighted by Gasteiger charge is -2.23. The number of carbonyl (C=O) groups is 2. The van der Waals surface area contributed by atoms with E-state index in [2.05, 4.69) is 6.07 Å². The highest BCUT2D eigenvalue weighted by Gasteiger charge is 2.28. The number of hydrogen-bond acceptors (Lipinski definition) is 10. The van der Waals surface area contributed by atoms with Crippen LogP contribution in [0.4, 0.5) is 34.1 Å². The molecule has 11 nitrogen and oxygen atoms in total. The maximum atomic E-state index is 14.6. The number of benzene rings is 9. The molecular formula is C59H50N6O5. The van der Waals surface area contributed by atoms with E-state index in [1.807, 2.05) is 190 Å². The van der Waals surface area contributed by atoms with Crippen LogP contribution in [0.1, 0.15) is 59.5 Å². The number of ketones is 1. The summed E-state index contributed by atoms with van der Waals surface area (Å²) in [5.41, 5.74) is 7.83. The van der Waals surface area contributed by atoms with Gasteiger partial charge in [-0.05, 0) is 104 Å². The summed E-state index contributed by atoms with van der Waals surface area (Å²) < 4.78 is 12.6. The van der Waals surface area contributed by atoms with Crippen molar-refractivity contribution in [3.05, 3.63) is 192 Å². The van der Waals surface area contributed by atoms with Crippen LogP contribution in [0.15, 0.2) is 190 Å². The maximum absolute atomic E-state index is 14.6. The van der Waals surface area contributed by atoms with Gasteiger partial charge in [-0.3, -0.25) is 19.5 Å². The number of carbonyl (C=O) groups excluding carboxylic acids is 2. The number of anilines is 2. The van der Waals surface area contributed by atoms with Gasteiger partial charge in [0.05, 0.1) is 35.8 Å². The summed E-state index contributed by atoms with van der Waals surface area (Å²) in [4.78, 5) is 37.0. The van der Waals surface area contributed by atoms with Crippen LogP contribution in [0.5, 0.6) is 11.5 Å². The van der Waals surface area contributed by atoms with E-state index in [0.717, 1.165) is 60.4 Å². The summed E-state index contributed by atoms with van der Waals surface area (Å²) in [7, 11) is 0. The second-order valence-electron chi connectivity index (χ2n) is 16.6. The van der Waals surface area contributed by atoms with E-state index in [1.54, 1.807) is 11.0 Å². The molecule has 0 saturated heterocycles. The summed E-state index contributed by atoms with van der Waals surface area (Å²) in [6.07, 6.45) is 0. The second-order valence-corrected chi connectivity index (χ2v) is 16.6. The topological polar surface area (TPSA) is 118 Å². The van der Waals surface area contributed by atoms with Crippen molar-refractivity contribution in [1.29, 1.82) is 0 Å². The molecule has 0 saturated carbocycles. The molecule has 70 heavy (non-hydrogen) atoms. The van der Waals surface area contributed by atoms with Crippen LogP contribution >= 0.6 is 0 Å². The first-order valence-electron chi connectivity index (χ1n) is 23.7. The number of nitrogens with zero attached hydrogens (tertiary/aromatic N) is 6. The number of rotatable bonds is 16. The molecule has 10 rings (SSSR count). The molecule has 0 aromatic heterocycles. The Hall–Kier alpha value is -8.54. The van der Waals surface area contributed by atoms with Crippen LogP contribution < -0.4 is 19.4 Å². The van der Waals surface area contributed by atoms with E-state index in [4.69, 9.17) is 34.8 Å². The van der Waals surface area contributed by atoms with Crippen molar-refractivity contribution >= 4 is 78.1 Å². The minimum Gasteiger partial charge on any atom is -0.491 e. The quantitative estimate of drug-likeness (QED) is 0.0703. The van der Waals surface area contributed by atoms with E-state index >= 15 is 0 Å². The minimum atomic E-state index is -0.204. The Labute approximate surface area is 406 Å². The zero-order valence-electron chi connectivity index (χ0n) is 39.4. The van der Waals surface area contributed by atoms with Crippen LogP contribution in [0.25, 0.3) is 43.4 Å². The van der Waals surface area contributed by atoms with Crippen molar-refractivity contribution < 1.29 is 23.9 Å². The highest BCUT2D eigenvalue weighted by molar-refractivity contribution is 6.27. The van der Waals surface area contributed by atoms with Gasteiger partial charge >= 0.3 is 0 Å². The number of para-hydroxylation sites is 2. The SMILES string of the molecule is CCOc1c(CON(CC)c2ccccc2)cc2ccccc2c1N=Nc1ccc2c(c1)C(=O)c1cccc3c(N=Nc4c(OCC)c(C(=O)N(CC)c5ccccc5)cc5ccccc45)ccc-2c13. The van der Waals surface area contributed by atoms with Crippen molar-refractivity contribution in [2.45, 2.75) is 34.3 Å². The van der Waals surface area contributed by atoms with Crippen molar-refractivity contribution in [3.63, 3.8) is 0 Å². The molecule has 0 aliphatic heterocycles. The fourth-order valence-electron chi connectivity index (χ4n) is 9.29. The van der Waals surface area contributed by atoms with Crippen LogP contribution in [-0.2, 0) is 11.4 Å². The maximum Gasteiger partial charge on any atom is 0.262 e. The number of azo groups is 2. The number of ether oxygens (including phenoxy) is 2. The molecule has 1 amide bonds. The Balaban J connectivity index is 1.00.